The number of hydrogen-bond acceptors (Lipinski definition) is 6. The molecule has 0 aliphatic rings. The standard InChI is InChI=1S/C23H22N2O4S/c1-16(24-21(26)13-10-17-8-11-20(28-2)12-9-17)23(27)29-14-19-15-30-22(25-19)18-6-4-3-5-7-18/h3-13,15-16H,14H2,1-2H3,(H,24,26)/b13-10+/t16-/m0/s1. The lowest BCUT2D eigenvalue weighted by molar-refractivity contribution is -0.148. The Bertz CT molecular complexity index is 1010. The third kappa shape index (κ3) is 6.02. The number of hydrogen-bond donors (Lipinski definition) is 1. The lowest BCUT2D eigenvalue weighted by Gasteiger charge is -2.11. The molecular weight excluding hydrogens is 400 g/mol. The summed E-state index contributed by atoms with van der Waals surface area (Å²) in [6.07, 6.45) is 3.03. The van der Waals surface area contributed by atoms with Gasteiger partial charge in [-0.15, -0.1) is 11.3 Å². The van der Waals surface area contributed by atoms with Crippen molar-refractivity contribution in [3.8, 4) is 16.3 Å². The third-order valence-electron chi connectivity index (χ3n) is 4.19. The quantitative estimate of drug-likeness (QED) is 0.437. The zero-order chi connectivity index (χ0) is 21.3. The number of nitrogens with zero attached hydrogens (tertiary/aromatic N) is 1. The van der Waals surface area contributed by atoms with Crippen LogP contribution in [0.2, 0.25) is 0 Å². The average Bonchev–Trinajstić information content (AvgIpc) is 3.26. The van der Waals surface area contributed by atoms with E-state index in [1.165, 1.54) is 17.4 Å². The highest BCUT2D eigenvalue weighted by Gasteiger charge is 2.16. The molecular formula is C23H22N2O4S. The highest BCUT2D eigenvalue weighted by Crippen LogP contribution is 2.23. The van der Waals surface area contributed by atoms with Crippen molar-refractivity contribution in [2.45, 2.75) is 19.6 Å². The molecule has 0 saturated carbocycles. The number of thiazole rings is 1. The van der Waals surface area contributed by atoms with E-state index in [4.69, 9.17) is 9.47 Å². The first-order valence-electron chi connectivity index (χ1n) is 9.34. The van der Waals surface area contributed by atoms with Crippen molar-refractivity contribution in [2.75, 3.05) is 7.11 Å². The van der Waals surface area contributed by atoms with Crippen LogP contribution in [0.5, 0.6) is 5.75 Å². The predicted molar refractivity (Wildman–Crippen MR) is 117 cm³/mol. The van der Waals surface area contributed by atoms with Crippen molar-refractivity contribution in [1.82, 2.24) is 10.3 Å². The molecule has 7 heteroatoms. The van der Waals surface area contributed by atoms with Gasteiger partial charge in [0.2, 0.25) is 5.91 Å². The maximum absolute atomic E-state index is 12.2. The highest BCUT2D eigenvalue weighted by atomic mass is 32.1. The number of benzene rings is 2. The number of carbonyl (C=O) groups is 2. The lowest BCUT2D eigenvalue weighted by atomic mass is 10.2. The molecule has 0 fully saturated rings. The first-order valence-corrected chi connectivity index (χ1v) is 10.2. The molecule has 1 amide bonds. The van der Waals surface area contributed by atoms with Gasteiger partial charge >= 0.3 is 5.97 Å². The molecule has 0 saturated heterocycles. The van der Waals surface area contributed by atoms with Gasteiger partial charge in [-0.3, -0.25) is 4.79 Å². The Morgan fingerprint density at radius 2 is 1.87 bits per heavy atom. The minimum absolute atomic E-state index is 0.0596. The summed E-state index contributed by atoms with van der Waals surface area (Å²) in [5.41, 5.74) is 2.54. The Morgan fingerprint density at radius 1 is 1.13 bits per heavy atom. The molecule has 1 N–H and O–H groups in total. The molecule has 3 rings (SSSR count). The number of amides is 1. The van der Waals surface area contributed by atoms with Gasteiger partial charge in [0.25, 0.3) is 0 Å². The second kappa shape index (κ2) is 10.4. The van der Waals surface area contributed by atoms with Crippen LogP contribution in [0, 0.1) is 0 Å². The molecule has 0 aliphatic heterocycles. The zero-order valence-corrected chi connectivity index (χ0v) is 17.5. The Kier molecular flexibility index (Phi) is 7.34. The largest absolute Gasteiger partial charge is 0.497 e. The Morgan fingerprint density at radius 3 is 2.57 bits per heavy atom. The fourth-order valence-electron chi connectivity index (χ4n) is 2.56. The predicted octanol–water partition coefficient (Wildman–Crippen LogP) is 4.08. The molecule has 0 spiro atoms. The number of methoxy groups -OCH3 is 1. The summed E-state index contributed by atoms with van der Waals surface area (Å²) in [6.45, 7) is 1.64. The molecule has 1 atom stereocenters. The van der Waals surface area contributed by atoms with Crippen LogP contribution < -0.4 is 10.1 Å². The van der Waals surface area contributed by atoms with E-state index in [1.54, 1.807) is 32.2 Å². The average molecular weight is 423 g/mol. The minimum atomic E-state index is -0.773. The van der Waals surface area contributed by atoms with Crippen LogP contribution in [-0.4, -0.2) is 30.0 Å². The molecule has 1 heterocycles. The fourth-order valence-corrected chi connectivity index (χ4v) is 3.37. The van der Waals surface area contributed by atoms with Crippen LogP contribution in [0.4, 0.5) is 0 Å². The Balaban J connectivity index is 1.46. The van der Waals surface area contributed by atoms with Crippen LogP contribution >= 0.6 is 11.3 Å². The third-order valence-corrected chi connectivity index (χ3v) is 5.13. The Hall–Kier alpha value is -3.45. The van der Waals surface area contributed by atoms with Gasteiger partial charge < -0.3 is 14.8 Å². The molecule has 154 valence electrons. The van der Waals surface area contributed by atoms with Gasteiger partial charge in [0, 0.05) is 17.0 Å². The second-order valence-corrected chi connectivity index (χ2v) is 7.31. The molecule has 0 radical (unpaired) electrons. The molecule has 6 nitrogen and oxygen atoms in total. The molecule has 0 unspecified atom stereocenters. The van der Waals surface area contributed by atoms with E-state index < -0.39 is 12.0 Å². The minimum Gasteiger partial charge on any atom is -0.497 e. The second-order valence-electron chi connectivity index (χ2n) is 6.45. The van der Waals surface area contributed by atoms with Crippen LogP contribution in [-0.2, 0) is 20.9 Å². The van der Waals surface area contributed by atoms with Crippen LogP contribution in [0.3, 0.4) is 0 Å². The van der Waals surface area contributed by atoms with E-state index in [9.17, 15) is 9.59 Å². The van der Waals surface area contributed by atoms with Crippen molar-refractivity contribution in [2.24, 2.45) is 0 Å². The topological polar surface area (TPSA) is 77.5 Å². The monoisotopic (exact) mass is 422 g/mol. The molecule has 0 bridgehead atoms. The molecule has 1 aromatic heterocycles. The summed E-state index contributed by atoms with van der Waals surface area (Å²) in [7, 11) is 1.59. The van der Waals surface area contributed by atoms with Crippen molar-refractivity contribution in [1.29, 1.82) is 0 Å². The molecule has 3 aromatic rings. The lowest BCUT2D eigenvalue weighted by Crippen LogP contribution is -2.38. The first-order chi connectivity index (χ1) is 14.5. The van der Waals surface area contributed by atoms with Crippen molar-refractivity contribution in [3.05, 3.63) is 77.3 Å². The number of esters is 1. The number of ether oxygens (including phenoxy) is 2. The first kappa shape index (κ1) is 21.3. The summed E-state index contributed by atoms with van der Waals surface area (Å²) in [6, 6.07) is 16.3. The maximum Gasteiger partial charge on any atom is 0.328 e. The summed E-state index contributed by atoms with van der Waals surface area (Å²) in [5.74, 6) is -0.158. The number of nitrogens with one attached hydrogen (secondary N) is 1. The Labute approximate surface area is 179 Å². The normalized spacial score (nSPS) is 11.8. The van der Waals surface area contributed by atoms with Crippen LogP contribution in [0.1, 0.15) is 18.2 Å². The van der Waals surface area contributed by atoms with Gasteiger partial charge in [0.15, 0.2) is 0 Å². The van der Waals surface area contributed by atoms with E-state index in [2.05, 4.69) is 10.3 Å². The fraction of sp³-hybridized carbons (Fsp3) is 0.174. The van der Waals surface area contributed by atoms with E-state index in [-0.39, 0.29) is 12.5 Å². The summed E-state index contributed by atoms with van der Waals surface area (Å²) < 4.78 is 10.4. The van der Waals surface area contributed by atoms with E-state index in [1.807, 2.05) is 47.8 Å². The van der Waals surface area contributed by atoms with Crippen molar-refractivity contribution in [3.63, 3.8) is 0 Å². The van der Waals surface area contributed by atoms with E-state index >= 15 is 0 Å². The van der Waals surface area contributed by atoms with E-state index in [0.29, 0.717) is 5.69 Å². The van der Waals surface area contributed by atoms with Gasteiger partial charge in [-0.25, -0.2) is 9.78 Å². The smallest absolute Gasteiger partial charge is 0.328 e. The molecule has 0 aliphatic carbocycles. The van der Waals surface area contributed by atoms with E-state index in [0.717, 1.165) is 21.9 Å². The van der Waals surface area contributed by atoms with Crippen molar-refractivity contribution < 1.29 is 19.1 Å². The highest BCUT2D eigenvalue weighted by molar-refractivity contribution is 7.13. The summed E-state index contributed by atoms with van der Waals surface area (Å²) >= 11 is 1.49. The SMILES string of the molecule is COc1ccc(/C=C/C(=O)N[C@@H](C)C(=O)OCc2csc(-c3ccccc3)n2)cc1. The molecule has 2 aromatic carbocycles. The van der Waals surface area contributed by atoms with Crippen molar-refractivity contribution >= 4 is 29.3 Å². The maximum atomic E-state index is 12.2. The number of carbonyl (C=O) groups excluding carboxylic acids is 2. The van der Waals surface area contributed by atoms with Gasteiger partial charge in [-0.2, -0.15) is 0 Å². The zero-order valence-electron chi connectivity index (χ0n) is 16.7. The van der Waals surface area contributed by atoms with Gasteiger partial charge in [0.1, 0.15) is 23.4 Å². The number of aromatic nitrogens is 1. The van der Waals surface area contributed by atoms with Gasteiger partial charge in [-0.05, 0) is 30.7 Å². The van der Waals surface area contributed by atoms with Crippen LogP contribution in [0.25, 0.3) is 16.6 Å². The van der Waals surface area contributed by atoms with Crippen LogP contribution in [0.15, 0.2) is 66.1 Å². The summed E-state index contributed by atoms with van der Waals surface area (Å²) in [4.78, 5) is 28.7. The van der Waals surface area contributed by atoms with Gasteiger partial charge in [0.05, 0.1) is 12.8 Å². The number of rotatable bonds is 8. The van der Waals surface area contributed by atoms with Gasteiger partial charge in [-0.1, -0.05) is 42.5 Å². The summed E-state index contributed by atoms with van der Waals surface area (Å²) in [5, 5.41) is 5.32. The molecule has 30 heavy (non-hydrogen) atoms.